The molecule has 226 valence electrons. The molecule has 2 N–H and O–H groups in total. The molecule has 42 heavy (non-hydrogen) atoms. The number of hydrogen-bond donors (Lipinski definition) is 2. The molecule has 2 aromatic heterocycles. The van der Waals surface area contributed by atoms with Gasteiger partial charge in [-0.3, -0.25) is 4.79 Å². The van der Waals surface area contributed by atoms with Gasteiger partial charge in [-0.25, -0.2) is 9.97 Å². The lowest BCUT2D eigenvalue weighted by atomic mass is 10.0. The maximum Gasteiger partial charge on any atom is 0.437 e. The number of rotatable bonds is 3. The molecule has 0 spiro atoms. The molecule has 0 amide bonds. The Labute approximate surface area is 245 Å². The van der Waals surface area contributed by atoms with Crippen LogP contribution in [0.4, 0.5) is 26.3 Å². The van der Waals surface area contributed by atoms with E-state index in [2.05, 4.69) is 32.5 Å². The number of pyridine rings is 2. The van der Waals surface area contributed by atoms with Gasteiger partial charge in [0.15, 0.2) is 28.7 Å². The van der Waals surface area contributed by atoms with Crippen LogP contribution in [0.5, 0.6) is 11.5 Å². The number of hydrogen-bond acceptors (Lipinski definition) is 6. The number of ketones is 1. The molecule has 13 heteroatoms. The molecule has 2 heterocycles. The minimum absolute atomic E-state index is 0.0125. The number of aromatic hydroxyl groups is 2. The number of aryl methyl sites for hydroxylation is 2. The van der Waals surface area contributed by atoms with Crippen molar-refractivity contribution < 1.29 is 46.1 Å². The van der Waals surface area contributed by atoms with Crippen molar-refractivity contribution in [3.63, 3.8) is 0 Å². The van der Waals surface area contributed by atoms with E-state index < -0.39 is 41.0 Å². The van der Waals surface area contributed by atoms with Gasteiger partial charge in [-0.2, -0.15) is 26.3 Å². The topological polar surface area (TPSA) is 92.5 Å². The first-order valence-electron chi connectivity index (χ1n) is 12.1. The highest BCUT2D eigenvalue weighted by atomic mass is 79.9. The zero-order valence-electron chi connectivity index (χ0n) is 23.1. The molecule has 0 aliphatic heterocycles. The summed E-state index contributed by atoms with van der Waals surface area (Å²) in [4.78, 5) is 18.4. The smallest absolute Gasteiger partial charge is 0.437 e. The Morgan fingerprint density at radius 1 is 0.857 bits per heavy atom. The first kappa shape index (κ1) is 34.3. The molecule has 0 unspecified atom stereocenters. The highest BCUT2D eigenvalue weighted by molar-refractivity contribution is 9.10. The average molecular weight is 661 g/mol. The molecule has 0 aliphatic carbocycles. The van der Waals surface area contributed by atoms with Crippen LogP contribution in [0, 0.1) is 13.8 Å². The van der Waals surface area contributed by atoms with Gasteiger partial charge < -0.3 is 14.9 Å². The fourth-order valence-electron chi connectivity index (χ4n) is 3.69. The Kier molecular flexibility index (Phi) is 11.0. The van der Waals surface area contributed by atoms with Gasteiger partial charge in [0.2, 0.25) is 0 Å². The summed E-state index contributed by atoms with van der Waals surface area (Å²) in [6, 6.07) is 9.33. The Morgan fingerprint density at radius 3 is 1.67 bits per heavy atom. The lowest BCUT2D eigenvalue weighted by molar-refractivity contribution is -0.143. The van der Waals surface area contributed by atoms with Crippen molar-refractivity contribution >= 4 is 43.5 Å². The fraction of sp³-hybridized carbons (Fsp3) is 0.276. The summed E-state index contributed by atoms with van der Waals surface area (Å²) in [7, 11) is 0. The van der Waals surface area contributed by atoms with Gasteiger partial charge >= 0.3 is 12.4 Å². The second kappa shape index (κ2) is 13.4. The van der Waals surface area contributed by atoms with Crippen molar-refractivity contribution in [2.75, 3.05) is 6.61 Å². The lowest BCUT2D eigenvalue weighted by Gasteiger charge is -2.13. The molecule has 0 fully saturated rings. The van der Waals surface area contributed by atoms with Crippen LogP contribution in [0.2, 0.25) is 0 Å². The number of aromatic nitrogens is 2. The van der Waals surface area contributed by atoms with Crippen LogP contribution in [-0.4, -0.2) is 32.6 Å². The minimum atomic E-state index is -4.81. The van der Waals surface area contributed by atoms with Crippen molar-refractivity contribution in [2.45, 2.75) is 47.0 Å². The van der Waals surface area contributed by atoms with E-state index in [9.17, 15) is 41.4 Å². The van der Waals surface area contributed by atoms with E-state index in [0.717, 1.165) is 30.4 Å². The molecule has 0 aliphatic rings. The largest absolute Gasteiger partial charge is 0.505 e. The van der Waals surface area contributed by atoms with Crippen LogP contribution in [0.15, 0.2) is 53.2 Å². The van der Waals surface area contributed by atoms with Gasteiger partial charge in [-0.1, -0.05) is 29.8 Å². The number of benzene rings is 2. The number of carbonyl (C=O) groups excluding carboxylic acids is 1. The summed E-state index contributed by atoms with van der Waals surface area (Å²) in [6.07, 6.45) is -9.49. The van der Waals surface area contributed by atoms with Crippen LogP contribution in [0.1, 0.15) is 53.6 Å². The maximum atomic E-state index is 12.8. The van der Waals surface area contributed by atoms with Crippen LogP contribution < -0.4 is 0 Å². The standard InChI is InChI=1S/C13H10F3NO2.C11H7BrF3NO.C5H10O/c1-6-3-4-9-8(5-6)10(7(2)18)11(19)12(17-9)13(14,15)16;1-5-2-3-7-6(4-5)8(12)9(17)10(16-7)11(13,14)15;1-4-6-5(2)3/h3-5,19H,1-2H3;2-4,17H,1H3;2,4H2,1,3H3. The number of Topliss-reactive ketones (excluding diaryl/α,β-unsaturated/α-hetero) is 1. The number of halogens is 7. The summed E-state index contributed by atoms with van der Waals surface area (Å²) in [5.74, 6) is -1.84. The number of alkyl halides is 6. The van der Waals surface area contributed by atoms with Crippen LogP contribution in [0.25, 0.3) is 21.8 Å². The zero-order valence-corrected chi connectivity index (χ0v) is 24.7. The summed E-state index contributed by atoms with van der Waals surface area (Å²) < 4.78 is 80.9. The molecular weight excluding hydrogens is 634 g/mol. The Balaban J connectivity index is 0.000000248. The van der Waals surface area contributed by atoms with Crippen molar-refractivity contribution in [3.05, 3.63) is 81.3 Å². The Hall–Kier alpha value is -3.87. The van der Waals surface area contributed by atoms with E-state index in [1.54, 1.807) is 32.0 Å². The van der Waals surface area contributed by atoms with Crippen LogP contribution >= 0.6 is 15.9 Å². The minimum Gasteiger partial charge on any atom is -0.505 e. The quantitative estimate of drug-likeness (QED) is 0.129. The third-order valence-electron chi connectivity index (χ3n) is 5.45. The van der Waals surface area contributed by atoms with Crippen LogP contribution in [0.3, 0.4) is 0 Å². The van der Waals surface area contributed by atoms with Gasteiger partial charge in [0.25, 0.3) is 0 Å². The summed E-state index contributed by atoms with van der Waals surface area (Å²) in [6.45, 7) is 12.7. The molecule has 0 bridgehead atoms. The van der Waals surface area contributed by atoms with Gasteiger partial charge in [0.1, 0.15) is 0 Å². The third-order valence-corrected chi connectivity index (χ3v) is 6.25. The second-order valence-corrected chi connectivity index (χ2v) is 9.83. The van der Waals surface area contributed by atoms with Gasteiger partial charge in [0, 0.05) is 10.8 Å². The molecule has 4 rings (SSSR count). The number of carbonyl (C=O) groups is 1. The van der Waals surface area contributed by atoms with Gasteiger partial charge in [-0.05, 0) is 74.8 Å². The van der Waals surface area contributed by atoms with E-state index in [4.69, 9.17) is 4.74 Å². The lowest BCUT2D eigenvalue weighted by Crippen LogP contribution is -2.11. The highest BCUT2D eigenvalue weighted by Gasteiger charge is 2.39. The van der Waals surface area contributed by atoms with Crippen LogP contribution in [-0.2, 0) is 17.1 Å². The van der Waals surface area contributed by atoms with Crippen molar-refractivity contribution in [1.82, 2.24) is 9.97 Å². The normalized spacial score (nSPS) is 11.3. The molecule has 0 saturated heterocycles. The van der Waals surface area contributed by atoms with E-state index in [1.807, 2.05) is 13.8 Å². The molecule has 2 aromatic carbocycles. The SMILES string of the molecule is C=C(C)OCC.CC(=O)c1c(O)c(C(F)(F)F)nc2ccc(C)cc12.Cc1ccc2nc(C(F)(F)F)c(O)c(Br)c2c1. The number of fused-ring (bicyclic) bond motifs is 2. The molecule has 0 saturated carbocycles. The number of allylic oxidation sites excluding steroid dienone is 1. The van der Waals surface area contributed by atoms with E-state index >= 15 is 0 Å². The Morgan fingerprint density at radius 2 is 1.29 bits per heavy atom. The maximum absolute atomic E-state index is 12.8. The zero-order chi connectivity index (χ0) is 32.2. The first-order valence-corrected chi connectivity index (χ1v) is 12.9. The number of nitrogens with zero attached hydrogens (tertiary/aromatic N) is 2. The van der Waals surface area contributed by atoms with E-state index in [1.165, 1.54) is 18.2 Å². The Bertz CT molecular complexity index is 1640. The second-order valence-electron chi connectivity index (χ2n) is 9.03. The molecule has 4 aromatic rings. The van der Waals surface area contributed by atoms with E-state index in [0.29, 0.717) is 5.39 Å². The summed E-state index contributed by atoms with van der Waals surface area (Å²) in [5, 5.41) is 19.8. The average Bonchev–Trinajstić information content (AvgIpc) is 2.85. The molecule has 0 atom stereocenters. The third kappa shape index (κ3) is 8.34. The summed E-state index contributed by atoms with van der Waals surface area (Å²) >= 11 is 2.97. The molecule has 6 nitrogen and oxygen atoms in total. The van der Waals surface area contributed by atoms with Crippen molar-refractivity contribution in [2.24, 2.45) is 0 Å². The fourth-order valence-corrected chi connectivity index (χ4v) is 4.20. The summed E-state index contributed by atoms with van der Waals surface area (Å²) in [5.41, 5.74) is -1.21. The van der Waals surface area contributed by atoms with E-state index in [-0.39, 0.29) is 26.5 Å². The molecular formula is C29H27BrF6N2O4. The van der Waals surface area contributed by atoms with Gasteiger partial charge in [0.05, 0.1) is 33.4 Å². The van der Waals surface area contributed by atoms with Crippen molar-refractivity contribution in [1.29, 1.82) is 0 Å². The number of ether oxygens (including phenoxy) is 1. The predicted octanol–water partition coefficient (Wildman–Crippen LogP) is 9.06. The van der Waals surface area contributed by atoms with Crippen molar-refractivity contribution in [3.8, 4) is 11.5 Å². The molecule has 0 radical (unpaired) electrons. The highest BCUT2D eigenvalue weighted by Crippen LogP contribution is 2.42. The first-order chi connectivity index (χ1) is 19.3. The monoisotopic (exact) mass is 660 g/mol. The van der Waals surface area contributed by atoms with Gasteiger partial charge in [-0.15, -0.1) is 0 Å². The predicted molar refractivity (Wildman–Crippen MR) is 150 cm³/mol.